The maximum atomic E-state index is 11.5. The number of rotatable bonds is 2. The summed E-state index contributed by atoms with van der Waals surface area (Å²) in [5, 5.41) is 0. The number of anilines is 1. The number of nitrogens with zero attached hydrogens (tertiary/aromatic N) is 1. The van der Waals surface area contributed by atoms with E-state index in [1.54, 1.807) is 12.1 Å². The van der Waals surface area contributed by atoms with Crippen molar-refractivity contribution >= 4 is 23.1 Å². The molecular formula is C14H13NO2. The summed E-state index contributed by atoms with van der Waals surface area (Å²) >= 11 is 0. The highest BCUT2D eigenvalue weighted by molar-refractivity contribution is 6.28. The lowest BCUT2D eigenvalue weighted by Gasteiger charge is -2.14. The zero-order valence-corrected chi connectivity index (χ0v) is 9.81. The number of carbonyl (C=O) groups is 2. The molecule has 2 rings (SSSR count). The smallest absolute Gasteiger partial charge is 0.258 e. The summed E-state index contributed by atoms with van der Waals surface area (Å²) in [7, 11) is 0. The van der Waals surface area contributed by atoms with Crippen LogP contribution in [0.15, 0.2) is 42.5 Å². The fraction of sp³-hybridized carbons (Fsp3) is 0.143. The number of amides is 2. The molecular weight excluding hydrogens is 214 g/mol. The van der Waals surface area contributed by atoms with Gasteiger partial charge in [0.1, 0.15) is 0 Å². The monoisotopic (exact) mass is 227 g/mol. The SMILES string of the molecule is C/C=C(/C)c1ccc(N2C(=O)C=CC2=O)cc1. The van der Waals surface area contributed by atoms with Gasteiger partial charge in [-0.15, -0.1) is 0 Å². The Morgan fingerprint density at radius 3 is 2.06 bits per heavy atom. The van der Waals surface area contributed by atoms with Crippen molar-refractivity contribution in [1.82, 2.24) is 0 Å². The Hall–Kier alpha value is -2.16. The molecule has 0 aliphatic carbocycles. The number of allylic oxidation sites excluding steroid dienone is 2. The number of benzene rings is 1. The quantitative estimate of drug-likeness (QED) is 0.728. The lowest BCUT2D eigenvalue weighted by molar-refractivity contribution is -0.119. The molecule has 0 radical (unpaired) electrons. The van der Waals surface area contributed by atoms with E-state index in [9.17, 15) is 9.59 Å². The lowest BCUT2D eigenvalue weighted by Crippen LogP contribution is -2.29. The Morgan fingerprint density at radius 1 is 1.06 bits per heavy atom. The van der Waals surface area contributed by atoms with Crippen LogP contribution in [-0.4, -0.2) is 11.8 Å². The van der Waals surface area contributed by atoms with Gasteiger partial charge in [0.15, 0.2) is 0 Å². The van der Waals surface area contributed by atoms with Crippen LogP contribution >= 0.6 is 0 Å². The van der Waals surface area contributed by atoms with Crippen molar-refractivity contribution in [3.8, 4) is 0 Å². The molecule has 0 saturated carbocycles. The number of carbonyl (C=O) groups excluding carboxylic acids is 2. The van der Waals surface area contributed by atoms with E-state index >= 15 is 0 Å². The van der Waals surface area contributed by atoms with E-state index in [0.717, 1.165) is 16.0 Å². The van der Waals surface area contributed by atoms with Crippen molar-refractivity contribution in [3.05, 3.63) is 48.1 Å². The molecule has 0 spiro atoms. The standard InChI is InChI=1S/C14H13NO2/c1-3-10(2)11-4-6-12(7-5-11)15-13(16)8-9-14(15)17/h3-9H,1-2H3/b10-3-. The van der Waals surface area contributed by atoms with Gasteiger partial charge in [-0.2, -0.15) is 0 Å². The Morgan fingerprint density at radius 2 is 1.59 bits per heavy atom. The molecule has 0 atom stereocenters. The summed E-state index contributed by atoms with van der Waals surface area (Å²) in [4.78, 5) is 24.1. The first-order valence-electron chi connectivity index (χ1n) is 5.43. The zero-order chi connectivity index (χ0) is 12.4. The minimum absolute atomic E-state index is 0.287. The molecule has 3 heteroatoms. The summed E-state index contributed by atoms with van der Waals surface area (Å²) in [6.45, 7) is 3.99. The molecule has 0 aromatic heterocycles. The maximum absolute atomic E-state index is 11.5. The molecule has 1 aromatic rings. The second kappa shape index (κ2) is 4.37. The highest BCUT2D eigenvalue weighted by atomic mass is 16.2. The van der Waals surface area contributed by atoms with Crippen LogP contribution in [-0.2, 0) is 9.59 Å². The van der Waals surface area contributed by atoms with Gasteiger partial charge in [-0.3, -0.25) is 9.59 Å². The number of hydrogen-bond donors (Lipinski definition) is 0. The van der Waals surface area contributed by atoms with Crippen molar-refractivity contribution in [1.29, 1.82) is 0 Å². The molecule has 17 heavy (non-hydrogen) atoms. The van der Waals surface area contributed by atoms with E-state index in [-0.39, 0.29) is 11.8 Å². The van der Waals surface area contributed by atoms with Gasteiger partial charge in [0.2, 0.25) is 0 Å². The first-order chi connectivity index (χ1) is 8.13. The third-order valence-electron chi connectivity index (χ3n) is 2.82. The van der Waals surface area contributed by atoms with E-state index in [1.807, 2.05) is 32.1 Å². The van der Waals surface area contributed by atoms with Crippen LogP contribution in [0.4, 0.5) is 5.69 Å². The fourth-order valence-electron chi connectivity index (χ4n) is 1.69. The van der Waals surface area contributed by atoms with E-state index in [0.29, 0.717) is 5.69 Å². The van der Waals surface area contributed by atoms with Crippen molar-refractivity contribution in [3.63, 3.8) is 0 Å². The van der Waals surface area contributed by atoms with Gasteiger partial charge >= 0.3 is 0 Å². The zero-order valence-electron chi connectivity index (χ0n) is 9.81. The van der Waals surface area contributed by atoms with E-state index < -0.39 is 0 Å². The largest absolute Gasteiger partial charge is 0.269 e. The van der Waals surface area contributed by atoms with Crippen molar-refractivity contribution in [2.24, 2.45) is 0 Å². The molecule has 0 N–H and O–H groups in total. The van der Waals surface area contributed by atoms with Crippen molar-refractivity contribution in [2.45, 2.75) is 13.8 Å². The highest BCUT2D eigenvalue weighted by Gasteiger charge is 2.24. The summed E-state index contributed by atoms with van der Waals surface area (Å²) < 4.78 is 0. The van der Waals surface area contributed by atoms with Crippen molar-refractivity contribution in [2.75, 3.05) is 4.90 Å². The Labute approximate surface area is 100 Å². The number of imide groups is 1. The summed E-state index contributed by atoms with van der Waals surface area (Å²) in [6, 6.07) is 7.38. The normalized spacial score (nSPS) is 15.9. The lowest BCUT2D eigenvalue weighted by atomic mass is 10.1. The van der Waals surface area contributed by atoms with E-state index in [2.05, 4.69) is 0 Å². The molecule has 1 heterocycles. The predicted octanol–water partition coefficient (Wildman–Crippen LogP) is 2.54. The van der Waals surface area contributed by atoms with Gasteiger partial charge in [-0.25, -0.2) is 4.90 Å². The third-order valence-corrected chi connectivity index (χ3v) is 2.82. The van der Waals surface area contributed by atoms with Gasteiger partial charge in [0.25, 0.3) is 11.8 Å². The highest BCUT2D eigenvalue weighted by Crippen LogP contribution is 2.22. The molecule has 0 fully saturated rings. The number of hydrogen-bond acceptors (Lipinski definition) is 2. The average Bonchev–Trinajstić information content (AvgIpc) is 2.68. The van der Waals surface area contributed by atoms with Gasteiger partial charge in [0.05, 0.1) is 5.69 Å². The Bertz CT molecular complexity index is 506. The minimum atomic E-state index is -0.287. The minimum Gasteiger partial charge on any atom is -0.269 e. The second-order valence-electron chi connectivity index (χ2n) is 3.86. The van der Waals surface area contributed by atoms with Gasteiger partial charge < -0.3 is 0 Å². The van der Waals surface area contributed by atoms with Crippen LogP contribution in [0.25, 0.3) is 5.57 Å². The average molecular weight is 227 g/mol. The summed E-state index contributed by atoms with van der Waals surface area (Å²) in [5.41, 5.74) is 2.86. The van der Waals surface area contributed by atoms with E-state index in [4.69, 9.17) is 0 Å². The van der Waals surface area contributed by atoms with Gasteiger partial charge in [0, 0.05) is 12.2 Å². The molecule has 0 bridgehead atoms. The van der Waals surface area contributed by atoms with Crippen LogP contribution in [0.5, 0.6) is 0 Å². The fourth-order valence-corrected chi connectivity index (χ4v) is 1.69. The molecule has 3 nitrogen and oxygen atoms in total. The van der Waals surface area contributed by atoms with Crippen LogP contribution in [0.2, 0.25) is 0 Å². The molecule has 0 unspecified atom stereocenters. The van der Waals surface area contributed by atoms with Crippen LogP contribution < -0.4 is 4.90 Å². The first-order valence-corrected chi connectivity index (χ1v) is 5.43. The topological polar surface area (TPSA) is 37.4 Å². The maximum Gasteiger partial charge on any atom is 0.258 e. The van der Waals surface area contributed by atoms with Gasteiger partial charge in [-0.1, -0.05) is 18.2 Å². The molecule has 1 aromatic carbocycles. The first kappa shape index (κ1) is 11.3. The van der Waals surface area contributed by atoms with E-state index in [1.165, 1.54) is 12.2 Å². The predicted molar refractivity (Wildman–Crippen MR) is 67.4 cm³/mol. The van der Waals surface area contributed by atoms with Crippen molar-refractivity contribution < 1.29 is 9.59 Å². The van der Waals surface area contributed by atoms with Gasteiger partial charge in [-0.05, 0) is 37.1 Å². The molecule has 2 amide bonds. The van der Waals surface area contributed by atoms with Crippen LogP contribution in [0, 0.1) is 0 Å². The molecule has 1 aliphatic rings. The van der Waals surface area contributed by atoms with Crippen LogP contribution in [0.1, 0.15) is 19.4 Å². The molecule has 86 valence electrons. The Balaban J connectivity index is 2.30. The third kappa shape index (κ3) is 2.04. The van der Waals surface area contributed by atoms with Crippen LogP contribution in [0.3, 0.4) is 0 Å². The summed E-state index contributed by atoms with van der Waals surface area (Å²) in [6.07, 6.45) is 4.59. The second-order valence-corrected chi connectivity index (χ2v) is 3.86. The Kier molecular flexibility index (Phi) is 2.91. The summed E-state index contributed by atoms with van der Waals surface area (Å²) in [5.74, 6) is -0.573. The molecule has 1 aliphatic heterocycles. The molecule has 0 saturated heterocycles.